The Morgan fingerprint density at radius 3 is 2.80 bits per heavy atom. The lowest BCUT2D eigenvalue weighted by atomic mass is 10.2. The molecule has 0 saturated heterocycles. The molecule has 0 aliphatic carbocycles. The summed E-state index contributed by atoms with van der Waals surface area (Å²) in [6.45, 7) is 4.63. The van der Waals surface area contributed by atoms with Gasteiger partial charge in [-0.1, -0.05) is 17.7 Å². The van der Waals surface area contributed by atoms with E-state index in [1.54, 1.807) is 24.5 Å². The lowest BCUT2D eigenvalue weighted by Gasteiger charge is -2.11. The molecule has 104 valence electrons. The number of halogens is 1. The highest BCUT2D eigenvalue weighted by Gasteiger charge is 2.12. The SMILES string of the molecule is CCNc1cnccc1C(=O)Nc1ccc(C)cc1Cl. The van der Waals surface area contributed by atoms with Crippen LogP contribution in [-0.2, 0) is 0 Å². The number of pyridine rings is 1. The molecule has 1 heterocycles. The van der Waals surface area contributed by atoms with Gasteiger partial charge in [0, 0.05) is 12.7 Å². The van der Waals surface area contributed by atoms with E-state index in [2.05, 4.69) is 15.6 Å². The number of nitrogens with zero attached hydrogens (tertiary/aromatic N) is 1. The van der Waals surface area contributed by atoms with Gasteiger partial charge in [-0.2, -0.15) is 0 Å². The van der Waals surface area contributed by atoms with Gasteiger partial charge in [0.1, 0.15) is 0 Å². The number of hydrogen-bond acceptors (Lipinski definition) is 3. The third-order valence-electron chi connectivity index (χ3n) is 2.81. The number of aryl methyl sites for hydroxylation is 1. The molecule has 0 aliphatic heterocycles. The minimum Gasteiger partial charge on any atom is -0.383 e. The van der Waals surface area contributed by atoms with Gasteiger partial charge in [0.15, 0.2) is 0 Å². The van der Waals surface area contributed by atoms with E-state index < -0.39 is 0 Å². The van der Waals surface area contributed by atoms with Crippen molar-refractivity contribution in [1.29, 1.82) is 0 Å². The van der Waals surface area contributed by atoms with Crippen molar-refractivity contribution in [3.8, 4) is 0 Å². The number of rotatable bonds is 4. The molecule has 0 fully saturated rings. The normalized spacial score (nSPS) is 10.2. The first-order chi connectivity index (χ1) is 9.61. The monoisotopic (exact) mass is 289 g/mol. The molecular weight excluding hydrogens is 274 g/mol. The summed E-state index contributed by atoms with van der Waals surface area (Å²) in [7, 11) is 0. The van der Waals surface area contributed by atoms with E-state index in [9.17, 15) is 4.79 Å². The van der Waals surface area contributed by atoms with E-state index in [1.165, 1.54) is 0 Å². The molecule has 0 radical (unpaired) electrons. The fourth-order valence-corrected chi connectivity index (χ4v) is 2.12. The number of benzene rings is 1. The van der Waals surface area contributed by atoms with Crippen molar-refractivity contribution < 1.29 is 4.79 Å². The first-order valence-corrected chi connectivity index (χ1v) is 6.75. The molecule has 20 heavy (non-hydrogen) atoms. The number of anilines is 2. The van der Waals surface area contributed by atoms with Crippen LogP contribution in [0.4, 0.5) is 11.4 Å². The highest BCUT2D eigenvalue weighted by Crippen LogP contribution is 2.24. The molecular formula is C15H16ClN3O. The summed E-state index contributed by atoms with van der Waals surface area (Å²) >= 11 is 6.12. The van der Waals surface area contributed by atoms with Crippen molar-refractivity contribution in [2.24, 2.45) is 0 Å². The van der Waals surface area contributed by atoms with Crippen LogP contribution < -0.4 is 10.6 Å². The molecule has 1 aromatic heterocycles. The lowest BCUT2D eigenvalue weighted by molar-refractivity contribution is 0.102. The molecule has 0 spiro atoms. The average Bonchev–Trinajstić information content (AvgIpc) is 2.43. The maximum atomic E-state index is 12.3. The van der Waals surface area contributed by atoms with Crippen LogP contribution in [0.1, 0.15) is 22.8 Å². The number of aromatic nitrogens is 1. The molecule has 1 amide bonds. The van der Waals surface area contributed by atoms with Crippen molar-refractivity contribution in [3.05, 3.63) is 52.8 Å². The molecule has 2 N–H and O–H groups in total. The first-order valence-electron chi connectivity index (χ1n) is 6.37. The van der Waals surface area contributed by atoms with Crippen LogP contribution in [0.2, 0.25) is 5.02 Å². The van der Waals surface area contributed by atoms with Crippen LogP contribution in [0.5, 0.6) is 0 Å². The Bertz CT molecular complexity index is 628. The van der Waals surface area contributed by atoms with Crippen LogP contribution >= 0.6 is 11.6 Å². The third kappa shape index (κ3) is 3.27. The highest BCUT2D eigenvalue weighted by atomic mass is 35.5. The molecule has 2 rings (SSSR count). The van der Waals surface area contributed by atoms with Crippen molar-refractivity contribution in [2.75, 3.05) is 17.2 Å². The fourth-order valence-electron chi connectivity index (χ4n) is 1.83. The number of nitrogens with one attached hydrogen (secondary N) is 2. The minimum atomic E-state index is -0.214. The van der Waals surface area contributed by atoms with E-state index in [4.69, 9.17) is 11.6 Å². The van der Waals surface area contributed by atoms with E-state index in [0.717, 1.165) is 12.1 Å². The predicted octanol–water partition coefficient (Wildman–Crippen LogP) is 3.73. The Hall–Kier alpha value is -2.07. The van der Waals surface area contributed by atoms with Crippen molar-refractivity contribution in [1.82, 2.24) is 4.98 Å². The Morgan fingerprint density at radius 2 is 2.10 bits per heavy atom. The van der Waals surface area contributed by atoms with Gasteiger partial charge in [0.2, 0.25) is 0 Å². The van der Waals surface area contributed by atoms with Gasteiger partial charge in [0.05, 0.1) is 28.2 Å². The molecule has 0 bridgehead atoms. The predicted molar refractivity (Wildman–Crippen MR) is 82.5 cm³/mol. The summed E-state index contributed by atoms with van der Waals surface area (Å²) in [5.74, 6) is -0.214. The molecule has 0 aliphatic rings. The van der Waals surface area contributed by atoms with Crippen LogP contribution in [0, 0.1) is 6.92 Å². The first kappa shape index (κ1) is 14.3. The zero-order valence-corrected chi connectivity index (χ0v) is 12.2. The lowest BCUT2D eigenvalue weighted by Crippen LogP contribution is -2.15. The molecule has 0 unspecified atom stereocenters. The van der Waals surface area contributed by atoms with Gasteiger partial charge in [-0.3, -0.25) is 9.78 Å². The van der Waals surface area contributed by atoms with Crippen molar-refractivity contribution in [3.63, 3.8) is 0 Å². The van der Waals surface area contributed by atoms with Gasteiger partial charge >= 0.3 is 0 Å². The van der Waals surface area contributed by atoms with Gasteiger partial charge in [-0.05, 0) is 37.6 Å². The quantitative estimate of drug-likeness (QED) is 0.902. The zero-order valence-electron chi connectivity index (χ0n) is 11.4. The Labute approximate surface area is 123 Å². The van der Waals surface area contributed by atoms with Crippen LogP contribution in [0.3, 0.4) is 0 Å². The molecule has 4 nitrogen and oxygen atoms in total. The number of carbonyl (C=O) groups is 1. The van der Waals surface area contributed by atoms with Gasteiger partial charge < -0.3 is 10.6 Å². The van der Waals surface area contributed by atoms with E-state index in [-0.39, 0.29) is 5.91 Å². The maximum Gasteiger partial charge on any atom is 0.257 e. The zero-order chi connectivity index (χ0) is 14.5. The maximum absolute atomic E-state index is 12.3. The van der Waals surface area contributed by atoms with Crippen LogP contribution in [-0.4, -0.2) is 17.4 Å². The summed E-state index contributed by atoms with van der Waals surface area (Å²) in [5, 5.41) is 6.45. The second-order valence-electron chi connectivity index (χ2n) is 4.39. The minimum absolute atomic E-state index is 0.214. The second-order valence-corrected chi connectivity index (χ2v) is 4.80. The molecule has 5 heteroatoms. The summed E-state index contributed by atoms with van der Waals surface area (Å²) in [6.07, 6.45) is 3.22. The van der Waals surface area contributed by atoms with Gasteiger partial charge in [0.25, 0.3) is 5.91 Å². The van der Waals surface area contributed by atoms with Gasteiger partial charge in [-0.15, -0.1) is 0 Å². The van der Waals surface area contributed by atoms with E-state index in [0.29, 0.717) is 22.0 Å². The standard InChI is InChI=1S/C15H16ClN3O/c1-3-18-14-9-17-7-6-11(14)15(20)19-13-5-4-10(2)8-12(13)16/h4-9,18H,3H2,1-2H3,(H,19,20). The second kappa shape index (κ2) is 6.39. The van der Waals surface area contributed by atoms with Crippen LogP contribution in [0.25, 0.3) is 0 Å². The Kier molecular flexibility index (Phi) is 4.58. The smallest absolute Gasteiger partial charge is 0.257 e. The molecule has 0 atom stereocenters. The molecule has 2 aromatic rings. The number of amides is 1. The largest absolute Gasteiger partial charge is 0.383 e. The number of carbonyl (C=O) groups excluding carboxylic acids is 1. The average molecular weight is 290 g/mol. The molecule has 0 saturated carbocycles. The summed E-state index contributed by atoms with van der Waals surface area (Å²) in [6, 6.07) is 7.19. The summed E-state index contributed by atoms with van der Waals surface area (Å²) < 4.78 is 0. The van der Waals surface area contributed by atoms with E-state index >= 15 is 0 Å². The van der Waals surface area contributed by atoms with Crippen molar-refractivity contribution >= 4 is 28.9 Å². The highest BCUT2D eigenvalue weighted by molar-refractivity contribution is 6.34. The Morgan fingerprint density at radius 1 is 1.30 bits per heavy atom. The molecule has 1 aromatic carbocycles. The third-order valence-corrected chi connectivity index (χ3v) is 3.12. The topological polar surface area (TPSA) is 54.0 Å². The van der Waals surface area contributed by atoms with Gasteiger partial charge in [-0.25, -0.2) is 0 Å². The summed E-state index contributed by atoms with van der Waals surface area (Å²) in [4.78, 5) is 16.3. The summed E-state index contributed by atoms with van der Waals surface area (Å²) in [5.41, 5.74) is 2.89. The van der Waals surface area contributed by atoms with E-state index in [1.807, 2.05) is 26.0 Å². The fraction of sp³-hybridized carbons (Fsp3) is 0.200. The Balaban J connectivity index is 2.24. The number of hydrogen-bond donors (Lipinski definition) is 2. The van der Waals surface area contributed by atoms with Crippen LogP contribution in [0.15, 0.2) is 36.7 Å². The van der Waals surface area contributed by atoms with Crippen molar-refractivity contribution in [2.45, 2.75) is 13.8 Å².